The van der Waals surface area contributed by atoms with Gasteiger partial charge in [-0.05, 0) is 38.5 Å². The van der Waals surface area contributed by atoms with E-state index in [1.165, 1.54) is 0 Å². The maximum atomic E-state index is 12.5. The molecule has 0 radical (unpaired) electrons. The molecule has 1 saturated heterocycles. The normalized spacial score (nSPS) is 21.8. The third kappa shape index (κ3) is 3.64. The van der Waals surface area contributed by atoms with Gasteiger partial charge in [-0.25, -0.2) is 4.68 Å². The summed E-state index contributed by atoms with van der Waals surface area (Å²) in [6, 6.07) is 0.0452. The van der Waals surface area contributed by atoms with Gasteiger partial charge >= 0.3 is 5.97 Å². The second-order valence-electron chi connectivity index (χ2n) is 6.28. The maximum Gasteiger partial charge on any atom is 0.303 e. The number of carboxylic acid groups (broad SMARTS) is 1. The number of nitrogens with zero attached hydrogens (tertiary/aromatic N) is 4. The van der Waals surface area contributed by atoms with E-state index in [9.17, 15) is 9.59 Å². The van der Waals surface area contributed by atoms with Gasteiger partial charge < -0.3 is 10.0 Å². The molecule has 2 heterocycles. The average molecular weight is 306 g/mol. The Balaban J connectivity index is 1.59. The zero-order valence-corrected chi connectivity index (χ0v) is 12.6. The summed E-state index contributed by atoms with van der Waals surface area (Å²) in [6.07, 6.45) is 7.78. The minimum absolute atomic E-state index is 0.0161. The summed E-state index contributed by atoms with van der Waals surface area (Å²) >= 11 is 0. The second-order valence-corrected chi connectivity index (χ2v) is 6.28. The molecule has 3 rings (SSSR count). The molecule has 1 N–H and O–H groups in total. The molecule has 0 bridgehead atoms. The third-order valence-corrected chi connectivity index (χ3v) is 4.49. The van der Waals surface area contributed by atoms with Gasteiger partial charge in [0.1, 0.15) is 6.54 Å². The number of likely N-dealkylation sites (tertiary alicyclic amines) is 1. The Hall–Kier alpha value is -1.92. The van der Waals surface area contributed by atoms with Crippen molar-refractivity contribution in [3.05, 3.63) is 11.9 Å². The third-order valence-electron chi connectivity index (χ3n) is 4.49. The molecule has 7 nitrogen and oxygen atoms in total. The summed E-state index contributed by atoms with van der Waals surface area (Å²) in [5, 5.41) is 17.0. The predicted octanol–water partition coefficient (Wildman–Crippen LogP) is 1.40. The monoisotopic (exact) mass is 306 g/mol. The van der Waals surface area contributed by atoms with Crippen LogP contribution in [-0.4, -0.2) is 49.5 Å². The van der Waals surface area contributed by atoms with Crippen LogP contribution < -0.4 is 0 Å². The number of carbonyl (C=O) groups is 2. The standard InChI is InChI=1S/C15H22N4O3/c20-14(10-18-9-13(16-17-18)11-4-5-11)19-8-2-1-3-12(19)6-7-15(21)22/h9,11-12H,1-8,10H2,(H,21,22)/t12-/m1/s1. The summed E-state index contributed by atoms with van der Waals surface area (Å²) < 4.78 is 1.61. The summed E-state index contributed by atoms with van der Waals surface area (Å²) in [4.78, 5) is 25.1. The molecular formula is C15H22N4O3. The van der Waals surface area contributed by atoms with E-state index < -0.39 is 5.97 Å². The highest BCUT2D eigenvalue weighted by Crippen LogP contribution is 2.38. The molecule has 1 aromatic rings. The first-order valence-corrected chi connectivity index (χ1v) is 8.05. The van der Waals surface area contributed by atoms with E-state index in [4.69, 9.17) is 5.11 Å². The molecular weight excluding hydrogens is 284 g/mol. The van der Waals surface area contributed by atoms with Gasteiger partial charge in [0.05, 0.1) is 5.69 Å². The van der Waals surface area contributed by atoms with Crippen LogP contribution in [0.2, 0.25) is 0 Å². The molecule has 1 aromatic heterocycles. The number of carbonyl (C=O) groups excluding carboxylic acids is 1. The summed E-state index contributed by atoms with van der Waals surface area (Å²) in [7, 11) is 0. The molecule has 0 spiro atoms. The van der Waals surface area contributed by atoms with Crippen molar-refractivity contribution in [1.29, 1.82) is 0 Å². The smallest absolute Gasteiger partial charge is 0.303 e. The van der Waals surface area contributed by atoms with Crippen LogP contribution >= 0.6 is 0 Å². The first-order valence-electron chi connectivity index (χ1n) is 8.05. The molecule has 1 saturated carbocycles. The van der Waals surface area contributed by atoms with E-state index in [0.717, 1.165) is 37.8 Å². The molecule has 1 amide bonds. The molecule has 120 valence electrons. The topological polar surface area (TPSA) is 88.3 Å². The molecule has 2 fully saturated rings. The Morgan fingerprint density at radius 1 is 1.27 bits per heavy atom. The molecule has 0 aromatic carbocycles. The van der Waals surface area contributed by atoms with Gasteiger partial charge in [0, 0.05) is 31.1 Å². The summed E-state index contributed by atoms with van der Waals surface area (Å²) in [5.74, 6) is -0.257. The van der Waals surface area contributed by atoms with Crippen LogP contribution in [0, 0.1) is 0 Å². The van der Waals surface area contributed by atoms with Crippen LogP contribution in [0.25, 0.3) is 0 Å². The summed E-state index contributed by atoms with van der Waals surface area (Å²) in [5.41, 5.74) is 0.980. The highest BCUT2D eigenvalue weighted by molar-refractivity contribution is 5.76. The van der Waals surface area contributed by atoms with Gasteiger partial charge in [0.2, 0.25) is 5.91 Å². The summed E-state index contributed by atoms with van der Waals surface area (Å²) in [6.45, 7) is 0.913. The lowest BCUT2D eigenvalue weighted by Gasteiger charge is -2.35. The molecule has 1 atom stereocenters. The quantitative estimate of drug-likeness (QED) is 0.858. The highest BCUT2D eigenvalue weighted by atomic mass is 16.4. The number of rotatable bonds is 6. The Morgan fingerprint density at radius 2 is 2.09 bits per heavy atom. The van der Waals surface area contributed by atoms with Crippen molar-refractivity contribution in [3.8, 4) is 0 Å². The van der Waals surface area contributed by atoms with Crippen molar-refractivity contribution < 1.29 is 14.7 Å². The van der Waals surface area contributed by atoms with Crippen LogP contribution in [-0.2, 0) is 16.1 Å². The Morgan fingerprint density at radius 3 is 2.82 bits per heavy atom. The van der Waals surface area contributed by atoms with Gasteiger partial charge in [-0.1, -0.05) is 5.21 Å². The van der Waals surface area contributed by atoms with E-state index in [1.54, 1.807) is 4.68 Å². The van der Waals surface area contributed by atoms with Crippen molar-refractivity contribution in [2.45, 2.75) is 63.5 Å². The average Bonchev–Trinajstić information content (AvgIpc) is 3.26. The van der Waals surface area contributed by atoms with Crippen molar-refractivity contribution in [2.75, 3.05) is 6.54 Å². The number of aromatic nitrogens is 3. The number of amides is 1. The Kier molecular flexibility index (Phi) is 4.40. The van der Waals surface area contributed by atoms with E-state index in [1.807, 2.05) is 11.1 Å². The van der Waals surface area contributed by atoms with Crippen molar-refractivity contribution in [1.82, 2.24) is 19.9 Å². The largest absolute Gasteiger partial charge is 0.481 e. The van der Waals surface area contributed by atoms with E-state index in [0.29, 0.717) is 18.9 Å². The minimum Gasteiger partial charge on any atom is -0.481 e. The fraction of sp³-hybridized carbons (Fsp3) is 0.733. The lowest BCUT2D eigenvalue weighted by Crippen LogP contribution is -2.45. The van der Waals surface area contributed by atoms with Gasteiger partial charge in [0.15, 0.2) is 0 Å². The Labute approximate surface area is 129 Å². The first kappa shape index (κ1) is 15.0. The fourth-order valence-corrected chi connectivity index (χ4v) is 3.11. The molecule has 7 heteroatoms. The van der Waals surface area contributed by atoms with Gasteiger partial charge in [-0.15, -0.1) is 5.10 Å². The number of piperidine rings is 1. The molecule has 1 aliphatic carbocycles. The van der Waals surface area contributed by atoms with Crippen molar-refractivity contribution >= 4 is 11.9 Å². The maximum absolute atomic E-state index is 12.5. The fourth-order valence-electron chi connectivity index (χ4n) is 3.11. The SMILES string of the molecule is O=C(O)CC[C@H]1CCCCN1C(=O)Cn1cc(C2CC2)nn1. The van der Waals surface area contributed by atoms with Crippen LogP contribution in [0.1, 0.15) is 56.6 Å². The molecule has 0 unspecified atom stereocenters. The highest BCUT2D eigenvalue weighted by Gasteiger charge is 2.29. The van der Waals surface area contributed by atoms with Crippen molar-refractivity contribution in [2.24, 2.45) is 0 Å². The zero-order valence-electron chi connectivity index (χ0n) is 12.6. The van der Waals surface area contributed by atoms with E-state index in [-0.39, 0.29) is 24.9 Å². The van der Waals surface area contributed by atoms with E-state index in [2.05, 4.69) is 10.3 Å². The van der Waals surface area contributed by atoms with Crippen LogP contribution in [0.3, 0.4) is 0 Å². The minimum atomic E-state index is -0.802. The van der Waals surface area contributed by atoms with Gasteiger partial charge in [-0.2, -0.15) is 0 Å². The van der Waals surface area contributed by atoms with Gasteiger partial charge in [-0.3, -0.25) is 9.59 Å². The van der Waals surface area contributed by atoms with Gasteiger partial charge in [0.25, 0.3) is 0 Å². The zero-order chi connectivity index (χ0) is 15.5. The molecule has 22 heavy (non-hydrogen) atoms. The van der Waals surface area contributed by atoms with Crippen LogP contribution in [0.5, 0.6) is 0 Å². The molecule has 1 aliphatic heterocycles. The number of aliphatic carboxylic acids is 1. The van der Waals surface area contributed by atoms with E-state index >= 15 is 0 Å². The second kappa shape index (κ2) is 6.46. The number of carboxylic acids is 1. The van der Waals surface area contributed by atoms with Crippen molar-refractivity contribution in [3.63, 3.8) is 0 Å². The lowest BCUT2D eigenvalue weighted by molar-refractivity contribution is -0.140. The first-order chi connectivity index (χ1) is 10.6. The lowest BCUT2D eigenvalue weighted by atomic mass is 9.98. The Bertz CT molecular complexity index is 553. The number of hydrogen-bond donors (Lipinski definition) is 1. The predicted molar refractivity (Wildman–Crippen MR) is 78.2 cm³/mol. The molecule has 2 aliphatic rings. The van der Waals surface area contributed by atoms with Crippen LogP contribution in [0.4, 0.5) is 0 Å². The number of hydrogen-bond acceptors (Lipinski definition) is 4. The van der Waals surface area contributed by atoms with Crippen LogP contribution in [0.15, 0.2) is 6.20 Å².